The fraction of sp³-hybridized carbons (Fsp3) is 0.267. The third-order valence-corrected chi connectivity index (χ3v) is 2.80. The van der Waals surface area contributed by atoms with Gasteiger partial charge in [-0.05, 0) is 24.1 Å². The van der Waals surface area contributed by atoms with Gasteiger partial charge in [0.1, 0.15) is 0 Å². The molecule has 2 rings (SSSR count). The van der Waals surface area contributed by atoms with Crippen molar-refractivity contribution >= 4 is 5.95 Å². The highest BCUT2D eigenvalue weighted by Crippen LogP contribution is 2.15. The minimum Gasteiger partial charge on any atom is -0.352 e. The molecular weight excluding hydrogens is 222 g/mol. The van der Waals surface area contributed by atoms with Gasteiger partial charge in [-0.3, -0.25) is 4.57 Å². The molecule has 94 valence electrons. The summed E-state index contributed by atoms with van der Waals surface area (Å²) in [5.74, 6) is 0.846. The van der Waals surface area contributed by atoms with Crippen LogP contribution in [0, 0.1) is 0 Å². The highest BCUT2D eigenvalue weighted by molar-refractivity contribution is 5.43. The zero-order valence-corrected chi connectivity index (χ0v) is 10.8. The van der Waals surface area contributed by atoms with Gasteiger partial charge in [0.15, 0.2) is 0 Å². The maximum absolute atomic E-state index is 4.29. The summed E-state index contributed by atoms with van der Waals surface area (Å²) in [7, 11) is 0. The first-order valence-electron chi connectivity index (χ1n) is 6.32. The van der Waals surface area contributed by atoms with Crippen LogP contribution in [0.15, 0.2) is 49.3 Å². The minimum absolute atomic E-state index is 0.713. The zero-order valence-electron chi connectivity index (χ0n) is 10.8. The quantitative estimate of drug-likeness (QED) is 0.785. The van der Waals surface area contributed by atoms with Crippen LogP contribution in [0.2, 0.25) is 0 Å². The predicted octanol–water partition coefficient (Wildman–Crippen LogP) is 3.42. The minimum atomic E-state index is 0.713. The Bertz CT molecular complexity index is 497. The molecule has 1 aromatic heterocycles. The number of hydrogen-bond donors (Lipinski definition) is 1. The summed E-state index contributed by atoms with van der Waals surface area (Å²) < 4.78 is 2.04. The fourth-order valence-electron chi connectivity index (χ4n) is 1.92. The second-order valence-electron chi connectivity index (χ2n) is 4.21. The van der Waals surface area contributed by atoms with Gasteiger partial charge in [0.05, 0.1) is 0 Å². The Hall–Kier alpha value is -2.03. The molecule has 0 unspecified atom stereocenters. The van der Waals surface area contributed by atoms with Gasteiger partial charge in [-0.2, -0.15) is 0 Å². The number of nitrogens with zero attached hydrogens (tertiary/aromatic N) is 2. The van der Waals surface area contributed by atoms with E-state index in [4.69, 9.17) is 0 Å². The number of aromatic nitrogens is 2. The number of aryl methyl sites for hydroxylation is 1. The van der Waals surface area contributed by atoms with E-state index in [0.29, 0.717) is 6.54 Å². The van der Waals surface area contributed by atoms with Gasteiger partial charge in [-0.15, -0.1) is 6.58 Å². The summed E-state index contributed by atoms with van der Waals surface area (Å²) in [5.41, 5.74) is 2.50. The third kappa shape index (κ3) is 2.80. The van der Waals surface area contributed by atoms with E-state index >= 15 is 0 Å². The predicted molar refractivity (Wildman–Crippen MR) is 76.2 cm³/mol. The van der Waals surface area contributed by atoms with Gasteiger partial charge in [-0.25, -0.2) is 4.98 Å². The SMILES string of the molecule is C=CCNc1nccn1-c1ccc(CCC)cc1. The third-order valence-electron chi connectivity index (χ3n) is 2.80. The number of benzene rings is 1. The van der Waals surface area contributed by atoms with E-state index in [1.165, 1.54) is 12.0 Å². The van der Waals surface area contributed by atoms with Crippen molar-refractivity contribution in [2.24, 2.45) is 0 Å². The second kappa shape index (κ2) is 6.05. The molecule has 1 heterocycles. The Morgan fingerprint density at radius 1 is 1.33 bits per heavy atom. The van der Waals surface area contributed by atoms with Crippen LogP contribution in [0.5, 0.6) is 0 Å². The molecule has 18 heavy (non-hydrogen) atoms. The first kappa shape index (κ1) is 12.4. The van der Waals surface area contributed by atoms with Crippen LogP contribution < -0.4 is 5.32 Å². The fourth-order valence-corrected chi connectivity index (χ4v) is 1.92. The smallest absolute Gasteiger partial charge is 0.207 e. The molecule has 0 fully saturated rings. The lowest BCUT2D eigenvalue weighted by molar-refractivity contribution is 0.919. The Balaban J connectivity index is 2.20. The van der Waals surface area contributed by atoms with Crippen LogP contribution >= 0.6 is 0 Å². The molecule has 3 nitrogen and oxygen atoms in total. The highest BCUT2D eigenvalue weighted by atomic mass is 15.2. The lowest BCUT2D eigenvalue weighted by atomic mass is 10.1. The Labute approximate surface area is 108 Å². The summed E-state index contributed by atoms with van der Waals surface area (Å²) in [6.07, 6.45) is 7.89. The molecule has 0 aliphatic rings. The first-order chi connectivity index (χ1) is 8.85. The van der Waals surface area contributed by atoms with Crippen LogP contribution in [0.4, 0.5) is 5.95 Å². The Morgan fingerprint density at radius 3 is 2.78 bits per heavy atom. The molecule has 0 spiro atoms. The van der Waals surface area contributed by atoms with Gasteiger partial charge in [0.25, 0.3) is 0 Å². The van der Waals surface area contributed by atoms with Crippen molar-refractivity contribution in [1.82, 2.24) is 9.55 Å². The van der Waals surface area contributed by atoms with Crippen LogP contribution in [0.25, 0.3) is 5.69 Å². The maximum Gasteiger partial charge on any atom is 0.207 e. The van der Waals surface area contributed by atoms with Crippen molar-refractivity contribution in [3.8, 4) is 5.69 Å². The summed E-state index contributed by atoms with van der Waals surface area (Å²) in [4.78, 5) is 4.29. The van der Waals surface area contributed by atoms with Gasteiger partial charge in [-0.1, -0.05) is 31.6 Å². The Morgan fingerprint density at radius 2 is 2.11 bits per heavy atom. The van der Waals surface area contributed by atoms with Gasteiger partial charge < -0.3 is 5.32 Å². The molecule has 0 saturated heterocycles. The molecule has 0 bridgehead atoms. The van der Waals surface area contributed by atoms with Crippen molar-refractivity contribution in [3.63, 3.8) is 0 Å². The monoisotopic (exact) mass is 241 g/mol. The molecule has 0 aliphatic carbocycles. The number of rotatable bonds is 6. The number of hydrogen-bond acceptors (Lipinski definition) is 2. The van der Waals surface area contributed by atoms with Crippen molar-refractivity contribution in [3.05, 3.63) is 54.9 Å². The van der Waals surface area contributed by atoms with E-state index < -0.39 is 0 Å². The number of anilines is 1. The van der Waals surface area contributed by atoms with Crippen LogP contribution in [-0.4, -0.2) is 16.1 Å². The van der Waals surface area contributed by atoms with Crippen molar-refractivity contribution in [2.75, 3.05) is 11.9 Å². The highest BCUT2D eigenvalue weighted by Gasteiger charge is 2.03. The zero-order chi connectivity index (χ0) is 12.8. The number of imidazole rings is 1. The van der Waals surface area contributed by atoms with Gasteiger partial charge in [0, 0.05) is 24.6 Å². The summed E-state index contributed by atoms with van der Waals surface area (Å²) in [5, 5.41) is 3.21. The standard InChI is InChI=1S/C15H19N3/c1-3-5-13-6-8-14(9-7-13)18-12-11-17-15(18)16-10-4-2/h4,6-9,11-12H,2-3,5,10H2,1H3,(H,16,17). The lowest BCUT2D eigenvalue weighted by Gasteiger charge is -2.09. The van der Waals surface area contributed by atoms with Gasteiger partial charge in [0.2, 0.25) is 5.95 Å². The molecule has 0 atom stereocenters. The first-order valence-corrected chi connectivity index (χ1v) is 6.32. The van der Waals surface area contributed by atoms with Crippen LogP contribution in [-0.2, 0) is 6.42 Å². The van der Waals surface area contributed by atoms with Crippen LogP contribution in [0.3, 0.4) is 0 Å². The normalized spacial score (nSPS) is 10.3. The molecular formula is C15H19N3. The van der Waals surface area contributed by atoms with E-state index in [-0.39, 0.29) is 0 Å². The molecule has 0 aliphatic heterocycles. The van der Waals surface area contributed by atoms with Crippen molar-refractivity contribution in [1.29, 1.82) is 0 Å². The topological polar surface area (TPSA) is 29.9 Å². The van der Waals surface area contributed by atoms with Crippen LogP contribution in [0.1, 0.15) is 18.9 Å². The Kier molecular flexibility index (Phi) is 4.18. The average molecular weight is 241 g/mol. The van der Waals surface area contributed by atoms with Crippen molar-refractivity contribution < 1.29 is 0 Å². The summed E-state index contributed by atoms with van der Waals surface area (Å²) in [6.45, 7) is 6.60. The largest absolute Gasteiger partial charge is 0.352 e. The molecule has 3 heteroatoms. The molecule has 1 aromatic carbocycles. The van der Waals surface area contributed by atoms with E-state index in [2.05, 4.69) is 48.1 Å². The van der Waals surface area contributed by atoms with E-state index in [1.54, 1.807) is 6.20 Å². The maximum atomic E-state index is 4.29. The van der Waals surface area contributed by atoms with E-state index in [0.717, 1.165) is 18.1 Å². The van der Waals surface area contributed by atoms with Gasteiger partial charge >= 0.3 is 0 Å². The molecule has 1 N–H and O–H groups in total. The summed E-state index contributed by atoms with van der Waals surface area (Å²) >= 11 is 0. The second-order valence-corrected chi connectivity index (χ2v) is 4.21. The molecule has 0 radical (unpaired) electrons. The lowest BCUT2D eigenvalue weighted by Crippen LogP contribution is -2.05. The van der Waals surface area contributed by atoms with E-state index in [9.17, 15) is 0 Å². The number of nitrogens with one attached hydrogen (secondary N) is 1. The molecule has 2 aromatic rings. The van der Waals surface area contributed by atoms with Crippen molar-refractivity contribution in [2.45, 2.75) is 19.8 Å². The average Bonchev–Trinajstić information content (AvgIpc) is 2.86. The van der Waals surface area contributed by atoms with E-state index in [1.807, 2.05) is 16.8 Å². The molecule has 0 saturated carbocycles. The molecule has 0 amide bonds. The summed E-state index contributed by atoms with van der Waals surface area (Å²) in [6, 6.07) is 8.61.